The number of phenolic OH excluding ortho intramolecular Hbond substituents is 1. The van der Waals surface area contributed by atoms with Crippen molar-refractivity contribution in [2.75, 3.05) is 0 Å². The maximum absolute atomic E-state index is 9.48. The van der Waals surface area contributed by atoms with Crippen LogP contribution in [0.3, 0.4) is 0 Å². The van der Waals surface area contributed by atoms with Gasteiger partial charge in [0, 0.05) is 6.92 Å². The van der Waals surface area contributed by atoms with Crippen molar-refractivity contribution in [3.8, 4) is 16.9 Å². The number of aromatic hydroxyl groups is 1. The lowest BCUT2D eigenvalue weighted by molar-refractivity contribution is -0.134. The normalized spacial score (nSPS) is 10.1. The highest BCUT2D eigenvalue weighted by atomic mass is 35.5. The van der Waals surface area contributed by atoms with Crippen LogP contribution in [0.5, 0.6) is 5.75 Å². The van der Waals surface area contributed by atoms with Crippen LogP contribution in [-0.2, 0) is 11.2 Å². The van der Waals surface area contributed by atoms with Crippen molar-refractivity contribution in [1.29, 1.82) is 0 Å². The molecule has 2 aromatic carbocycles. The second kappa shape index (κ2) is 12.4. The summed E-state index contributed by atoms with van der Waals surface area (Å²) in [7, 11) is 0. The van der Waals surface area contributed by atoms with Gasteiger partial charge in [-0.25, -0.2) is 0 Å². The lowest BCUT2D eigenvalue weighted by Crippen LogP contribution is -1.87. The van der Waals surface area contributed by atoms with Crippen LogP contribution in [0, 0.1) is 0 Å². The Hall–Kier alpha value is -2.00. The number of hydrogen-bond acceptors (Lipinski definition) is 2. The van der Waals surface area contributed by atoms with Crippen molar-refractivity contribution in [2.24, 2.45) is 0 Å². The van der Waals surface area contributed by atoms with E-state index in [0.717, 1.165) is 24.5 Å². The minimum atomic E-state index is -0.833. The van der Waals surface area contributed by atoms with Crippen molar-refractivity contribution in [3.05, 3.63) is 53.1 Å². The fraction of sp³-hybridized carbons (Fsp3) is 0.409. The summed E-state index contributed by atoms with van der Waals surface area (Å²) in [5.74, 6) is -0.704. The van der Waals surface area contributed by atoms with Gasteiger partial charge in [0.1, 0.15) is 5.75 Å². The highest BCUT2D eigenvalue weighted by Crippen LogP contribution is 2.29. The summed E-state index contributed by atoms with van der Waals surface area (Å²) in [4.78, 5) is 9.00. The van der Waals surface area contributed by atoms with Crippen molar-refractivity contribution in [2.45, 2.75) is 58.8 Å². The zero-order valence-corrected chi connectivity index (χ0v) is 16.4. The quantitative estimate of drug-likeness (QED) is 0.503. The van der Waals surface area contributed by atoms with Gasteiger partial charge in [0.05, 0.1) is 5.02 Å². The zero-order valence-electron chi connectivity index (χ0n) is 15.7. The highest BCUT2D eigenvalue weighted by Gasteiger charge is 2.03. The molecule has 0 aliphatic heterocycles. The van der Waals surface area contributed by atoms with Crippen molar-refractivity contribution in [3.63, 3.8) is 0 Å². The number of rotatable bonds is 8. The number of carboxylic acids is 1. The molecule has 0 aliphatic rings. The van der Waals surface area contributed by atoms with Gasteiger partial charge < -0.3 is 10.2 Å². The van der Waals surface area contributed by atoms with Crippen molar-refractivity contribution >= 4 is 17.6 Å². The van der Waals surface area contributed by atoms with Gasteiger partial charge in [-0.1, -0.05) is 81.0 Å². The number of hydrogen-bond donors (Lipinski definition) is 2. The Bertz CT molecular complexity index is 662. The molecule has 2 rings (SSSR count). The molecular formula is C22H29ClO3. The van der Waals surface area contributed by atoms with Gasteiger partial charge in [-0.2, -0.15) is 0 Å². The summed E-state index contributed by atoms with van der Waals surface area (Å²) < 4.78 is 0. The third-order valence-electron chi connectivity index (χ3n) is 4.05. The number of phenols is 1. The van der Waals surface area contributed by atoms with E-state index < -0.39 is 5.97 Å². The number of benzene rings is 2. The van der Waals surface area contributed by atoms with E-state index in [2.05, 4.69) is 31.2 Å². The number of halogens is 1. The van der Waals surface area contributed by atoms with E-state index in [0.29, 0.717) is 5.02 Å². The molecule has 142 valence electrons. The average molecular weight is 377 g/mol. The molecule has 0 radical (unpaired) electrons. The van der Waals surface area contributed by atoms with Crippen LogP contribution in [-0.4, -0.2) is 16.2 Å². The molecular weight excluding hydrogens is 348 g/mol. The molecule has 2 N–H and O–H groups in total. The Morgan fingerprint density at radius 2 is 1.46 bits per heavy atom. The fourth-order valence-corrected chi connectivity index (χ4v) is 2.84. The predicted molar refractivity (Wildman–Crippen MR) is 109 cm³/mol. The van der Waals surface area contributed by atoms with Crippen LogP contribution in [0.2, 0.25) is 5.02 Å². The molecule has 0 aromatic heterocycles. The number of unbranched alkanes of at least 4 members (excludes halogenated alkanes) is 5. The first kappa shape index (κ1) is 22.0. The Morgan fingerprint density at radius 3 is 2.04 bits per heavy atom. The molecule has 0 heterocycles. The maximum atomic E-state index is 9.48. The molecule has 0 saturated heterocycles. The molecule has 0 amide bonds. The first-order chi connectivity index (χ1) is 12.4. The van der Waals surface area contributed by atoms with Crippen LogP contribution < -0.4 is 0 Å². The largest absolute Gasteiger partial charge is 0.506 e. The molecule has 0 spiro atoms. The number of aliphatic carboxylic acids is 1. The van der Waals surface area contributed by atoms with E-state index in [-0.39, 0.29) is 5.75 Å². The lowest BCUT2D eigenvalue weighted by atomic mass is 10.0. The van der Waals surface area contributed by atoms with Gasteiger partial charge in [0.15, 0.2) is 0 Å². The van der Waals surface area contributed by atoms with E-state index in [1.807, 2.05) is 6.07 Å². The third-order valence-corrected chi connectivity index (χ3v) is 4.36. The monoisotopic (exact) mass is 376 g/mol. The zero-order chi connectivity index (χ0) is 19.4. The maximum Gasteiger partial charge on any atom is 0.300 e. The summed E-state index contributed by atoms with van der Waals surface area (Å²) >= 11 is 5.97. The van der Waals surface area contributed by atoms with Crippen molar-refractivity contribution < 1.29 is 15.0 Å². The summed E-state index contributed by atoms with van der Waals surface area (Å²) in [6.45, 7) is 3.34. The van der Waals surface area contributed by atoms with Crippen LogP contribution in [0.1, 0.15) is 57.9 Å². The number of aryl methyl sites for hydroxylation is 1. The molecule has 0 aliphatic carbocycles. The SMILES string of the molecule is CC(=O)O.CCCCCCCCc1ccc(-c2ccc(O)c(Cl)c2)cc1. The number of carboxylic acid groups (broad SMARTS) is 1. The van der Waals surface area contributed by atoms with Gasteiger partial charge in [0.2, 0.25) is 0 Å². The van der Waals surface area contributed by atoms with E-state index in [1.165, 1.54) is 44.1 Å². The van der Waals surface area contributed by atoms with Crippen LogP contribution in [0.25, 0.3) is 11.1 Å². The molecule has 0 unspecified atom stereocenters. The lowest BCUT2D eigenvalue weighted by Gasteiger charge is -2.06. The Kier molecular flexibility index (Phi) is 10.5. The van der Waals surface area contributed by atoms with Gasteiger partial charge in [-0.15, -0.1) is 0 Å². The van der Waals surface area contributed by atoms with E-state index in [9.17, 15) is 5.11 Å². The molecule has 0 saturated carbocycles. The molecule has 4 heteroatoms. The predicted octanol–water partition coefficient (Wildman–Crippen LogP) is 6.71. The molecule has 26 heavy (non-hydrogen) atoms. The van der Waals surface area contributed by atoms with Crippen LogP contribution in [0.4, 0.5) is 0 Å². The molecule has 0 fully saturated rings. The first-order valence-electron chi connectivity index (χ1n) is 9.21. The van der Waals surface area contributed by atoms with E-state index in [4.69, 9.17) is 21.5 Å². The van der Waals surface area contributed by atoms with Gasteiger partial charge in [0.25, 0.3) is 5.97 Å². The summed E-state index contributed by atoms with van der Waals surface area (Å²) in [6.07, 6.45) is 9.16. The van der Waals surface area contributed by atoms with E-state index >= 15 is 0 Å². The second-order valence-corrected chi connectivity index (χ2v) is 6.81. The van der Waals surface area contributed by atoms with Gasteiger partial charge in [-0.3, -0.25) is 4.79 Å². The van der Waals surface area contributed by atoms with Crippen molar-refractivity contribution in [1.82, 2.24) is 0 Å². The van der Waals surface area contributed by atoms with Gasteiger partial charge >= 0.3 is 0 Å². The molecule has 2 aromatic rings. The fourth-order valence-electron chi connectivity index (χ4n) is 2.66. The number of carbonyl (C=O) groups is 1. The molecule has 0 bridgehead atoms. The third kappa shape index (κ3) is 8.91. The van der Waals surface area contributed by atoms with Crippen LogP contribution >= 0.6 is 11.6 Å². The minimum absolute atomic E-state index is 0.130. The summed E-state index contributed by atoms with van der Waals surface area (Å²) in [5.41, 5.74) is 3.56. The summed E-state index contributed by atoms with van der Waals surface area (Å²) in [5, 5.41) is 17.3. The topological polar surface area (TPSA) is 57.5 Å². The first-order valence-corrected chi connectivity index (χ1v) is 9.59. The molecule has 0 atom stereocenters. The minimum Gasteiger partial charge on any atom is -0.506 e. The Morgan fingerprint density at radius 1 is 0.923 bits per heavy atom. The second-order valence-electron chi connectivity index (χ2n) is 6.40. The van der Waals surface area contributed by atoms with E-state index in [1.54, 1.807) is 12.1 Å². The molecule has 3 nitrogen and oxygen atoms in total. The standard InChI is InChI=1S/C20H25ClO.C2H4O2/c1-2-3-4-5-6-7-8-16-9-11-17(12-10-16)18-13-14-20(22)19(21)15-18;1-2(3)4/h9-15,22H,2-8H2,1H3;1H3,(H,3,4). The highest BCUT2D eigenvalue weighted by molar-refractivity contribution is 6.32. The Labute approximate surface area is 161 Å². The summed E-state index contributed by atoms with van der Waals surface area (Å²) in [6, 6.07) is 14.0. The van der Waals surface area contributed by atoms with Gasteiger partial charge in [-0.05, 0) is 41.7 Å². The average Bonchev–Trinajstić information content (AvgIpc) is 2.60. The Balaban J connectivity index is 0.000000765. The smallest absolute Gasteiger partial charge is 0.300 e. The van der Waals surface area contributed by atoms with Crippen LogP contribution in [0.15, 0.2) is 42.5 Å².